The van der Waals surface area contributed by atoms with Gasteiger partial charge < -0.3 is 21.1 Å². The number of hydrogen-bond acceptors (Lipinski definition) is 3. The Morgan fingerprint density at radius 2 is 1.66 bits per heavy atom. The molecule has 0 heterocycles. The average Bonchev–Trinajstić information content (AvgIpc) is 2.71. The average molecular weight is 396 g/mol. The number of hydrogen-bond donors (Lipinski definition) is 3. The summed E-state index contributed by atoms with van der Waals surface area (Å²) in [6.07, 6.45) is 0.412. The second-order valence-electron chi connectivity index (χ2n) is 7.02. The summed E-state index contributed by atoms with van der Waals surface area (Å²) in [6, 6.07) is 17.9. The molecule has 4 N–H and O–H groups in total. The lowest BCUT2D eigenvalue weighted by atomic mass is 10.1. The molecule has 7 heteroatoms. The summed E-state index contributed by atoms with van der Waals surface area (Å²) in [7, 11) is 0. The highest BCUT2D eigenvalue weighted by atomic mass is 16.5. The van der Waals surface area contributed by atoms with Crippen LogP contribution in [-0.4, -0.2) is 37.0 Å². The third-order valence-corrected chi connectivity index (χ3v) is 3.96. The third-order valence-electron chi connectivity index (χ3n) is 3.96. The van der Waals surface area contributed by atoms with E-state index < -0.39 is 11.9 Å². The van der Waals surface area contributed by atoms with Gasteiger partial charge >= 0.3 is 0 Å². The van der Waals surface area contributed by atoms with Gasteiger partial charge in [-0.1, -0.05) is 62.4 Å². The van der Waals surface area contributed by atoms with Gasteiger partial charge in [-0.05, 0) is 23.6 Å². The molecule has 0 radical (unpaired) electrons. The molecule has 2 aromatic carbocycles. The summed E-state index contributed by atoms with van der Waals surface area (Å²) < 4.78 is 5.36. The van der Waals surface area contributed by atoms with Gasteiger partial charge in [-0.3, -0.25) is 9.59 Å². The maximum absolute atomic E-state index is 12.6. The number of nitrogens with zero attached hydrogens (tertiary/aromatic N) is 1. The molecule has 2 aromatic rings. The zero-order valence-electron chi connectivity index (χ0n) is 16.8. The molecule has 2 amide bonds. The molecule has 0 aliphatic heterocycles. The fraction of sp³-hybridized carbons (Fsp3) is 0.318. The number of para-hydroxylation sites is 1. The molecule has 29 heavy (non-hydrogen) atoms. The SMILES string of the molecule is CC(C)CNC(=O)C(Cc1ccccc1)NC(N)=NC(=O)COc1ccccc1. The van der Waals surface area contributed by atoms with Crippen LogP contribution in [-0.2, 0) is 16.0 Å². The number of ether oxygens (including phenoxy) is 1. The highest BCUT2D eigenvalue weighted by Crippen LogP contribution is 2.08. The predicted molar refractivity (Wildman–Crippen MR) is 113 cm³/mol. The number of nitrogens with one attached hydrogen (secondary N) is 2. The normalized spacial score (nSPS) is 12.3. The van der Waals surface area contributed by atoms with E-state index in [0.717, 1.165) is 5.56 Å². The van der Waals surface area contributed by atoms with Crippen LogP contribution in [0.3, 0.4) is 0 Å². The number of benzene rings is 2. The van der Waals surface area contributed by atoms with Gasteiger partial charge in [-0.2, -0.15) is 4.99 Å². The lowest BCUT2D eigenvalue weighted by Crippen LogP contribution is -2.51. The Bertz CT molecular complexity index is 807. The highest BCUT2D eigenvalue weighted by Gasteiger charge is 2.20. The molecule has 1 unspecified atom stereocenters. The summed E-state index contributed by atoms with van der Waals surface area (Å²) in [5.74, 6) is 0.0255. The molecule has 0 spiro atoms. The minimum Gasteiger partial charge on any atom is -0.484 e. The van der Waals surface area contributed by atoms with E-state index in [1.165, 1.54) is 0 Å². The van der Waals surface area contributed by atoms with Gasteiger partial charge in [-0.15, -0.1) is 0 Å². The van der Waals surface area contributed by atoms with Gasteiger partial charge in [0.15, 0.2) is 12.6 Å². The van der Waals surface area contributed by atoms with Crippen molar-refractivity contribution in [1.82, 2.24) is 10.6 Å². The van der Waals surface area contributed by atoms with Crippen LogP contribution in [0, 0.1) is 5.92 Å². The number of rotatable bonds is 9. The maximum Gasteiger partial charge on any atom is 0.286 e. The van der Waals surface area contributed by atoms with Crippen LogP contribution >= 0.6 is 0 Å². The number of aliphatic imine (C=N–C) groups is 1. The van der Waals surface area contributed by atoms with Crippen molar-refractivity contribution >= 4 is 17.8 Å². The molecule has 0 fully saturated rings. The van der Waals surface area contributed by atoms with Crippen LogP contribution in [0.2, 0.25) is 0 Å². The quantitative estimate of drug-likeness (QED) is 0.443. The van der Waals surface area contributed by atoms with Crippen molar-refractivity contribution in [3.05, 3.63) is 66.2 Å². The lowest BCUT2D eigenvalue weighted by Gasteiger charge is -2.19. The second-order valence-corrected chi connectivity index (χ2v) is 7.02. The first-order chi connectivity index (χ1) is 13.9. The van der Waals surface area contributed by atoms with Crippen molar-refractivity contribution in [2.75, 3.05) is 13.2 Å². The van der Waals surface area contributed by atoms with E-state index in [4.69, 9.17) is 10.5 Å². The van der Waals surface area contributed by atoms with E-state index in [2.05, 4.69) is 15.6 Å². The number of nitrogens with two attached hydrogens (primary N) is 1. The molecule has 154 valence electrons. The van der Waals surface area contributed by atoms with Crippen LogP contribution in [0.5, 0.6) is 5.75 Å². The molecule has 0 aromatic heterocycles. The van der Waals surface area contributed by atoms with E-state index in [9.17, 15) is 9.59 Å². The Hall–Kier alpha value is -3.35. The van der Waals surface area contributed by atoms with Crippen molar-refractivity contribution in [3.8, 4) is 5.75 Å². The van der Waals surface area contributed by atoms with Crippen LogP contribution in [0.25, 0.3) is 0 Å². The van der Waals surface area contributed by atoms with Gasteiger partial charge in [0.25, 0.3) is 5.91 Å². The fourth-order valence-electron chi connectivity index (χ4n) is 2.53. The zero-order valence-corrected chi connectivity index (χ0v) is 16.8. The summed E-state index contributed by atoms with van der Waals surface area (Å²) in [5.41, 5.74) is 6.84. The van der Waals surface area contributed by atoms with Gasteiger partial charge in [0.05, 0.1) is 0 Å². The first kappa shape index (κ1) is 21.9. The standard InChI is InChI=1S/C22H28N4O3/c1-16(2)14-24-21(28)19(13-17-9-5-3-6-10-17)25-22(23)26-20(27)15-29-18-11-7-4-8-12-18/h3-12,16,19H,13-15H2,1-2H3,(H,24,28)(H3,23,25,26,27). The number of guanidine groups is 1. The number of carbonyl (C=O) groups is 2. The largest absolute Gasteiger partial charge is 0.484 e. The van der Waals surface area contributed by atoms with Crippen molar-refractivity contribution in [2.45, 2.75) is 26.3 Å². The van der Waals surface area contributed by atoms with Gasteiger partial charge in [-0.25, -0.2) is 0 Å². The van der Waals surface area contributed by atoms with E-state index in [1.54, 1.807) is 12.1 Å². The monoisotopic (exact) mass is 396 g/mol. The molecule has 0 bridgehead atoms. The zero-order chi connectivity index (χ0) is 21.1. The molecule has 7 nitrogen and oxygen atoms in total. The fourth-order valence-corrected chi connectivity index (χ4v) is 2.53. The molecule has 0 aliphatic rings. The van der Waals surface area contributed by atoms with Crippen LogP contribution in [0.1, 0.15) is 19.4 Å². The summed E-state index contributed by atoms with van der Waals surface area (Å²) >= 11 is 0. The summed E-state index contributed by atoms with van der Waals surface area (Å²) in [6.45, 7) is 4.34. The predicted octanol–water partition coefficient (Wildman–Crippen LogP) is 1.88. The Kier molecular flexibility index (Phi) is 8.69. The molecular formula is C22H28N4O3. The third kappa shape index (κ3) is 8.47. The number of carbonyl (C=O) groups excluding carboxylic acids is 2. The molecule has 0 saturated carbocycles. The Morgan fingerprint density at radius 1 is 1.03 bits per heavy atom. The highest BCUT2D eigenvalue weighted by molar-refractivity contribution is 5.95. The lowest BCUT2D eigenvalue weighted by molar-refractivity contribution is -0.123. The minimum atomic E-state index is -0.650. The van der Waals surface area contributed by atoms with E-state index in [1.807, 2.05) is 62.4 Å². The van der Waals surface area contributed by atoms with Gasteiger partial charge in [0.2, 0.25) is 5.91 Å². The van der Waals surface area contributed by atoms with Crippen molar-refractivity contribution in [2.24, 2.45) is 16.6 Å². The minimum absolute atomic E-state index is 0.118. The maximum atomic E-state index is 12.6. The Morgan fingerprint density at radius 3 is 2.28 bits per heavy atom. The van der Waals surface area contributed by atoms with Crippen LogP contribution in [0.15, 0.2) is 65.7 Å². The Balaban J connectivity index is 1.98. The van der Waals surface area contributed by atoms with Gasteiger partial charge in [0.1, 0.15) is 11.8 Å². The van der Waals surface area contributed by atoms with Crippen molar-refractivity contribution < 1.29 is 14.3 Å². The van der Waals surface area contributed by atoms with Gasteiger partial charge in [0, 0.05) is 13.0 Å². The van der Waals surface area contributed by atoms with Crippen molar-refractivity contribution in [3.63, 3.8) is 0 Å². The molecular weight excluding hydrogens is 368 g/mol. The van der Waals surface area contributed by atoms with Crippen LogP contribution < -0.4 is 21.1 Å². The topological polar surface area (TPSA) is 106 Å². The molecule has 1 atom stereocenters. The first-order valence-electron chi connectivity index (χ1n) is 9.57. The molecule has 0 aliphatic carbocycles. The van der Waals surface area contributed by atoms with Crippen molar-refractivity contribution in [1.29, 1.82) is 0 Å². The smallest absolute Gasteiger partial charge is 0.286 e. The number of amides is 2. The van der Waals surface area contributed by atoms with E-state index >= 15 is 0 Å². The Labute approximate surface area is 171 Å². The molecule has 0 saturated heterocycles. The van der Waals surface area contributed by atoms with Crippen LogP contribution in [0.4, 0.5) is 0 Å². The van der Waals surface area contributed by atoms with E-state index in [0.29, 0.717) is 24.6 Å². The summed E-state index contributed by atoms with van der Waals surface area (Å²) in [5, 5.41) is 5.74. The second kappa shape index (κ2) is 11.5. The first-order valence-corrected chi connectivity index (χ1v) is 9.57. The molecule has 2 rings (SSSR count). The van der Waals surface area contributed by atoms with E-state index in [-0.39, 0.29) is 18.5 Å². The summed E-state index contributed by atoms with van der Waals surface area (Å²) in [4.78, 5) is 28.4.